The van der Waals surface area contributed by atoms with Crippen molar-refractivity contribution in [1.82, 2.24) is 14.9 Å². The minimum atomic E-state index is -0.172. The van der Waals surface area contributed by atoms with Gasteiger partial charge in [-0.1, -0.05) is 0 Å². The molecule has 1 saturated heterocycles. The van der Waals surface area contributed by atoms with E-state index in [1.54, 1.807) is 0 Å². The van der Waals surface area contributed by atoms with E-state index in [9.17, 15) is 9.59 Å². The number of aromatic nitrogens is 2. The molecule has 4 rings (SSSR count). The molecule has 3 heterocycles. The van der Waals surface area contributed by atoms with Crippen LogP contribution in [0, 0.1) is 20.8 Å². The summed E-state index contributed by atoms with van der Waals surface area (Å²) in [4.78, 5) is 30.9. The molecule has 7 nitrogen and oxygen atoms in total. The smallest absolute Gasteiger partial charge is 0.253 e. The first-order valence-electron chi connectivity index (χ1n) is 11.2. The van der Waals surface area contributed by atoms with Gasteiger partial charge < -0.3 is 24.5 Å². The van der Waals surface area contributed by atoms with Gasteiger partial charge in [-0.25, -0.2) is 0 Å². The molecule has 0 saturated carbocycles. The van der Waals surface area contributed by atoms with E-state index in [2.05, 4.69) is 45.9 Å². The second-order valence-electron chi connectivity index (χ2n) is 8.93. The Bertz CT molecular complexity index is 1220. The zero-order valence-corrected chi connectivity index (χ0v) is 19.5. The average molecular weight is 437 g/mol. The Morgan fingerprint density at radius 3 is 2.50 bits per heavy atom. The van der Waals surface area contributed by atoms with Crippen LogP contribution < -0.4 is 15.8 Å². The Labute approximate surface area is 188 Å². The molecule has 0 bridgehead atoms. The van der Waals surface area contributed by atoms with Crippen molar-refractivity contribution < 1.29 is 9.53 Å². The van der Waals surface area contributed by atoms with Crippen LogP contribution in [0.15, 0.2) is 29.2 Å². The third-order valence-electron chi connectivity index (χ3n) is 6.20. The van der Waals surface area contributed by atoms with E-state index in [0.717, 1.165) is 46.5 Å². The zero-order chi connectivity index (χ0) is 23.0. The monoisotopic (exact) mass is 436 g/mol. The van der Waals surface area contributed by atoms with Crippen molar-refractivity contribution in [3.05, 3.63) is 62.7 Å². The standard InChI is InChI=1S/C25H32N4O3/c1-15(2)29-14-17(4)23-20(11-19(12-22(23)29)28-6-8-32-9-7-28)24(30)26-13-21-16(3)10-18(5)27-25(21)31/h10-12,14-15H,6-9,13H2,1-5H3,(H,26,30)(H,27,31). The van der Waals surface area contributed by atoms with E-state index in [1.807, 2.05) is 32.9 Å². The normalized spacial score (nSPS) is 14.4. The Hall–Kier alpha value is -3.06. The topological polar surface area (TPSA) is 79.4 Å². The van der Waals surface area contributed by atoms with E-state index in [1.165, 1.54) is 0 Å². The number of aryl methyl sites for hydroxylation is 3. The lowest BCUT2D eigenvalue weighted by Crippen LogP contribution is -2.36. The molecule has 2 aromatic heterocycles. The van der Waals surface area contributed by atoms with E-state index in [0.29, 0.717) is 24.3 Å². The van der Waals surface area contributed by atoms with Gasteiger partial charge in [0.25, 0.3) is 11.5 Å². The first-order valence-corrected chi connectivity index (χ1v) is 11.2. The second kappa shape index (κ2) is 8.82. The van der Waals surface area contributed by atoms with Gasteiger partial charge in [-0.3, -0.25) is 9.59 Å². The number of amides is 1. The molecule has 0 aliphatic carbocycles. The number of anilines is 1. The summed E-state index contributed by atoms with van der Waals surface area (Å²) in [5.41, 5.74) is 5.90. The summed E-state index contributed by atoms with van der Waals surface area (Å²) in [6, 6.07) is 6.36. The summed E-state index contributed by atoms with van der Waals surface area (Å²) in [6.45, 7) is 13.2. The van der Waals surface area contributed by atoms with Gasteiger partial charge in [0.1, 0.15) is 0 Å². The molecule has 1 aliphatic rings. The molecule has 170 valence electrons. The number of aromatic amines is 1. The maximum atomic E-state index is 13.4. The molecule has 0 unspecified atom stereocenters. The van der Waals surface area contributed by atoms with Gasteiger partial charge in [0.05, 0.1) is 24.3 Å². The summed E-state index contributed by atoms with van der Waals surface area (Å²) in [5, 5.41) is 3.95. The molecule has 2 N–H and O–H groups in total. The Kier molecular flexibility index (Phi) is 6.11. The summed E-state index contributed by atoms with van der Waals surface area (Å²) in [5.74, 6) is -0.172. The zero-order valence-electron chi connectivity index (χ0n) is 19.5. The van der Waals surface area contributed by atoms with E-state index < -0.39 is 0 Å². The van der Waals surface area contributed by atoms with E-state index in [4.69, 9.17) is 4.74 Å². The fraction of sp³-hybridized carbons (Fsp3) is 0.440. The second-order valence-corrected chi connectivity index (χ2v) is 8.93. The van der Waals surface area contributed by atoms with E-state index in [-0.39, 0.29) is 24.1 Å². The summed E-state index contributed by atoms with van der Waals surface area (Å²) < 4.78 is 7.73. The van der Waals surface area contributed by atoms with Crippen molar-refractivity contribution in [3.63, 3.8) is 0 Å². The van der Waals surface area contributed by atoms with Crippen LogP contribution in [0.1, 0.15) is 52.6 Å². The van der Waals surface area contributed by atoms with Crippen LogP contribution in [0.4, 0.5) is 5.69 Å². The van der Waals surface area contributed by atoms with Crippen molar-refractivity contribution >= 4 is 22.5 Å². The number of benzene rings is 1. The summed E-state index contributed by atoms with van der Waals surface area (Å²) in [7, 11) is 0. The van der Waals surface area contributed by atoms with Gasteiger partial charge in [-0.05, 0) is 63.9 Å². The number of H-pyrrole nitrogens is 1. The molecular formula is C25H32N4O3. The highest BCUT2D eigenvalue weighted by molar-refractivity contribution is 6.09. The number of carbonyl (C=O) groups is 1. The number of rotatable bonds is 5. The Morgan fingerprint density at radius 2 is 1.84 bits per heavy atom. The summed E-state index contributed by atoms with van der Waals surface area (Å²) in [6.07, 6.45) is 2.12. The predicted molar refractivity (Wildman–Crippen MR) is 128 cm³/mol. The average Bonchev–Trinajstić information content (AvgIpc) is 3.09. The SMILES string of the molecule is Cc1cc(C)c(CNC(=O)c2cc(N3CCOCC3)cc3c2c(C)cn3C(C)C)c(=O)[nH]1. The number of hydrogen-bond acceptors (Lipinski definition) is 4. The lowest BCUT2D eigenvalue weighted by atomic mass is 10.0. The molecule has 1 aromatic carbocycles. The molecule has 32 heavy (non-hydrogen) atoms. The van der Waals surface area contributed by atoms with E-state index >= 15 is 0 Å². The Morgan fingerprint density at radius 1 is 1.12 bits per heavy atom. The number of hydrogen-bond donors (Lipinski definition) is 2. The fourth-order valence-electron chi connectivity index (χ4n) is 4.55. The van der Waals surface area contributed by atoms with Crippen LogP contribution >= 0.6 is 0 Å². The highest BCUT2D eigenvalue weighted by atomic mass is 16.5. The third kappa shape index (κ3) is 4.17. The van der Waals surface area contributed by atoms with Crippen molar-refractivity contribution in [2.75, 3.05) is 31.2 Å². The van der Waals surface area contributed by atoms with Gasteiger partial charge in [0, 0.05) is 54.2 Å². The highest BCUT2D eigenvalue weighted by Crippen LogP contribution is 2.32. The van der Waals surface area contributed by atoms with Crippen LogP contribution in [0.3, 0.4) is 0 Å². The predicted octanol–water partition coefficient (Wildman–Crippen LogP) is 3.60. The molecule has 7 heteroatoms. The number of nitrogens with one attached hydrogen (secondary N) is 2. The van der Waals surface area contributed by atoms with Gasteiger partial charge in [0.15, 0.2) is 0 Å². The van der Waals surface area contributed by atoms with Gasteiger partial charge in [-0.15, -0.1) is 0 Å². The molecule has 1 amide bonds. The lowest BCUT2D eigenvalue weighted by Gasteiger charge is -2.29. The van der Waals surface area contributed by atoms with Crippen molar-refractivity contribution in [3.8, 4) is 0 Å². The molecular weight excluding hydrogens is 404 g/mol. The summed E-state index contributed by atoms with van der Waals surface area (Å²) >= 11 is 0. The van der Waals surface area contributed by atoms with Crippen LogP contribution in [0.25, 0.3) is 10.9 Å². The van der Waals surface area contributed by atoms with Crippen LogP contribution in [0.2, 0.25) is 0 Å². The molecule has 1 fully saturated rings. The van der Waals surface area contributed by atoms with Crippen LogP contribution in [0.5, 0.6) is 0 Å². The third-order valence-corrected chi connectivity index (χ3v) is 6.20. The number of ether oxygens (including phenoxy) is 1. The number of nitrogens with zero attached hydrogens (tertiary/aromatic N) is 2. The maximum Gasteiger partial charge on any atom is 0.253 e. The highest BCUT2D eigenvalue weighted by Gasteiger charge is 2.21. The minimum absolute atomic E-state index is 0.155. The quantitative estimate of drug-likeness (QED) is 0.641. The van der Waals surface area contributed by atoms with Crippen molar-refractivity contribution in [1.29, 1.82) is 0 Å². The molecule has 1 aliphatic heterocycles. The molecule has 0 spiro atoms. The minimum Gasteiger partial charge on any atom is -0.378 e. The molecule has 0 atom stereocenters. The largest absolute Gasteiger partial charge is 0.378 e. The molecule has 0 radical (unpaired) electrons. The van der Waals surface area contributed by atoms with Crippen LogP contribution in [-0.4, -0.2) is 41.8 Å². The fourth-order valence-corrected chi connectivity index (χ4v) is 4.55. The molecule has 3 aromatic rings. The lowest BCUT2D eigenvalue weighted by molar-refractivity contribution is 0.0952. The Balaban J connectivity index is 1.74. The van der Waals surface area contributed by atoms with Gasteiger partial charge in [0.2, 0.25) is 0 Å². The van der Waals surface area contributed by atoms with Crippen molar-refractivity contribution in [2.45, 2.75) is 47.2 Å². The van der Waals surface area contributed by atoms with Crippen molar-refractivity contribution in [2.24, 2.45) is 0 Å². The van der Waals surface area contributed by atoms with Gasteiger partial charge >= 0.3 is 0 Å². The first kappa shape index (κ1) is 22.1. The van der Waals surface area contributed by atoms with Gasteiger partial charge in [-0.2, -0.15) is 0 Å². The maximum absolute atomic E-state index is 13.4. The number of fused-ring (bicyclic) bond motifs is 1. The van der Waals surface area contributed by atoms with Crippen LogP contribution in [-0.2, 0) is 11.3 Å². The number of morpholine rings is 1. The first-order chi connectivity index (χ1) is 15.3. The number of pyridine rings is 1. The number of carbonyl (C=O) groups excluding carboxylic acids is 1.